The predicted octanol–water partition coefficient (Wildman–Crippen LogP) is 1.36. The molecule has 0 aliphatic carbocycles. The highest BCUT2D eigenvalue weighted by Gasteiger charge is 2.27. The lowest BCUT2D eigenvalue weighted by atomic mass is 10.0. The van der Waals surface area contributed by atoms with Crippen LogP contribution in [0.2, 0.25) is 0 Å². The SMILES string of the molecule is Cc1ncoc1C(=O)N1CCOC[C@@H](Cc2cn3ccnc3cn2)C1. The van der Waals surface area contributed by atoms with Crippen LogP contribution in [-0.2, 0) is 11.2 Å². The van der Waals surface area contributed by atoms with Crippen LogP contribution in [0.3, 0.4) is 0 Å². The van der Waals surface area contributed by atoms with E-state index in [2.05, 4.69) is 15.0 Å². The molecule has 130 valence electrons. The minimum atomic E-state index is -0.136. The van der Waals surface area contributed by atoms with Gasteiger partial charge in [-0.05, 0) is 13.3 Å². The molecule has 0 bridgehead atoms. The topological polar surface area (TPSA) is 85.8 Å². The van der Waals surface area contributed by atoms with Gasteiger partial charge in [-0.2, -0.15) is 0 Å². The molecule has 1 saturated heterocycles. The Morgan fingerprint density at radius 2 is 2.28 bits per heavy atom. The van der Waals surface area contributed by atoms with Gasteiger partial charge in [0.05, 0.1) is 30.8 Å². The van der Waals surface area contributed by atoms with Crippen LogP contribution >= 0.6 is 0 Å². The van der Waals surface area contributed by atoms with Gasteiger partial charge in [0, 0.05) is 37.6 Å². The summed E-state index contributed by atoms with van der Waals surface area (Å²) in [5.41, 5.74) is 2.38. The molecule has 25 heavy (non-hydrogen) atoms. The summed E-state index contributed by atoms with van der Waals surface area (Å²) >= 11 is 0. The first-order chi connectivity index (χ1) is 12.2. The lowest BCUT2D eigenvalue weighted by Gasteiger charge is -2.22. The van der Waals surface area contributed by atoms with Crippen LogP contribution < -0.4 is 0 Å². The van der Waals surface area contributed by atoms with Crippen molar-refractivity contribution in [2.75, 3.05) is 26.3 Å². The van der Waals surface area contributed by atoms with Gasteiger partial charge in [-0.1, -0.05) is 0 Å². The first kappa shape index (κ1) is 15.8. The third kappa shape index (κ3) is 3.25. The van der Waals surface area contributed by atoms with Crippen molar-refractivity contribution in [3.63, 3.8) is 0 Å². The molecule has 4 rings (SSSR count). The molecule has 1 aliphatic rings. The number of aryl methyl sites for hydroxylation is 1. The number of amides is 1. The molecule has 3 aromatic rings. The lowest BCUT2D eigenvalue weighted by Crippen LogP contribution is -2.36. The van der Waals surface area contributed by atoms with Crippen molar-refractivity contribution in [1.82, 2.24) is 24.3 Å². The Bertz CT molecular complexity index is 887. The molecule has 1 fully saturated rings. The second-order valence-corrected chi connectivity index (χ2v) is 6.23. The van der Waals surface area contributed by atoms with Crippen LogP contribution in [0.4, 0.5) is 0 Å². The van der Waals surface area contributed by atoms with Gasteiger partial charge < -0.3 is 18.5 Å². The first-order valence-corrected chi connectivity index (χ1v) is 8.25. The number of carbonyl (C=O) groups excluding carboxylic acids is 1. The normalized spacial score (nSPS) is 18.4. The number of rotatable bonds is 3. The Balaban J connectivity index is 1.49. The maximum atomic E-state index is 12.7. The van der Waals surface area contributed by atoms with Gasteiger partial charge in [0.25, 0.3) is 5.91 Å². The van der Waals surface area contributed by atoms with Crippen molar-refractivity contribution in [2.24, 2.45) is 5.92 Å². The van der Waals surface area contributed by atoms with Gasteiger partial charge in [-0.15, -0.1) is 0 Å². The molecule has 4 heterocycles. The summed E-state index contributed by atoms with van der Waals surface area (Å²) in [7, 11) is 0. The molecule has 0 spiro atoms. The molecule has 0 saturated carbocycles. The maximum absolute atomic E-state index is 12.7. The minimum Gasteiger partial charge on any atom is -0.438 e. The second-order valence-electron chi connectivity index (χ2n) is 6.23. The summed E-state index contributed by atoms with van der Waals surface area (Å²) in [5.74, 6) is 0.338. The van der Waals surface area contributed by atoms with Crippen molar-refractivity contribution in [3.8, 4) is 0 Å². The number of nitrogens with zero attached hydrogens (tertiary/aromatic N) is 5. The highest BCUT2D eigenvalue weighted by molar-refractivity contribution is 5.92. The number of oxazole rings is 1. The van der Waals surface area contributed by atoms with E-state index in [4.69, 9.17) is 9.15 Å². The molecule has 1 atom stereocenters. The van der Waals surface area contributed by atoms with Gasteiger partial charge in [-0.3, -0.25) is 9.78 Å². The lowest BCUT2D eigenvalue weighted by molar-refractivity contribution is 0.0704. The van der Waals surface area contributed by atoms with Crippen molar-refractivity contribution >= 4 is 11.6 Å². The zero-order valence-corrected chi connectivity index (χ0v) is 14.0. The molecule has 1 amide bonds. The predicted molar refractivity (Wildman–Crippen MR) is 88.1 cm³/mol. The van der Waals surface area contributed by atoms with Crippen LogP contribution in [0.5, 0.6) is 0 Å². The van der Waals surface area contributed by atoms with E-state index in [1.807, 2.05) is 16.8 Å². The average Bonchev–Trinajstić information content (AvgIpc) is 3.18. The monoisotopic (exact) mass is 341 g/mol. The smallest absolute Gasteiger partial charge is 0.291 e. The molecule has 8 nitrogen and oxygen atoms in total. The summed E-state index contributed by atoms with van der Waals surface area (Å²) in [4.78, 5) is 27.1. The van der Waals surface area contributed by atoms with Gasteiger partial charge in [0.1, 0.15) is 0 Å². The number of fused-ring (bicyclic) bond motifs is 1. The van der Waals surface area contributed by atoms with Crippen molar-refractivity contribution in [2.45, 2.75) is 13.3 Å². The molecule has 0 aromatic carbocycles. The number of hydrogen-bond acceptors (Lipinski definition) is 6. The molecular weight excluding hydrogens is 322 g/mol. The van der Waals surface area contributed by atoms with Gasteiger partial charge in [-0.25, -0.2) is 9.97 Å². The van der Waals surface area contributed by atoms with Crippen LogP contribution in [0.1, 0.15) is 21.9 Å². The Hall–Kier alpha value is -2.74. The third-order valence-corrected chi connectivity index (χ3v) is 4.40. The van der Waals surface area contributed by atoms with Crippen LogP contribution in [0, 0.1) is 12.8 Å². The highest BCUT2D eigenvalue weighted by atomic mass is 16.5. The summed E-state index contributed by atoms with van der Waals surface area (Å²) in [6.45, 7) is 4.03. The summed E-state index contributed by atoms with van der Waals surface area (Å²) < 4.78 is 12.9. The number of imidazole rings is 1. The molecule has 0 N–H and O–H groups in total. The van der Waals surface area contributed by atoms with Crippen molar-refractivity contribution in [3.05, 3.63) is 48.3 Å². The maximum Gasteiger partial charge on any atom is 0.291 e. The summed E-state index contributed by atoms with van der Waals surface area (Å²) in [5, 5.41) is 0. The fourth-order valence-corrected chi connectivity index (χ4v) is 3.11. The summed E-state index contributed by atoms with van der Waals surface area (Å²) in [6, 6.07) is 0. The zero-order valence-electron chi connectivity index (χ0n) is 14.0. The van der Waals surface area contributed by atoms with E-state index < -0.39 is 0 Å². The zero-order chi connectivity index (χ0) is 17.2. The number of carbonyl (C=O) groups is 1. The van der Waals surface area contributed by atoms with E-state index in [1.165, 1.54) is 6.39 Å². The largest absolute Gasteiger partial charge is 0.438 e. The van der Waals surface area contributed by atoms with Crippen LogP contribution in [-0.4, -0.2) is 56.5 Å². The van der Waals surface area contributed by atoms with Crippen LogP contribution in [0.25, 0.3) is 5.65 Å². The van der Waals surface area contributed by atoms with E-state index in [0.29, 0.717) is 37.8 Å². The summed E-state index contributed by atoms with van der Waals surface area (Å²) in [6.07, 6.45) is 9.40. The van der Waals surface area contributed by atoms with Gasteiger partial charge in [0.15, 0.2) is 12.0 Å². The highest BCUT2D eigenvalue weighted by Crippen LogP contribution is 2.17. The van der Waals surface area contributed by atoms with Gasteiger partial charge >= 0.3 is 0 Å². The quantitative estimate of drug-likeness (QED) is 0.715. The molecule has 1 aliphatic heterocycles. The molecular formula is C17H19N5O3. The standard InChI is InChI=1S/C17H19N5O3/c1-12-16(25-11-20-12)17(23)22-4-5-24-10-13(8-22)6-14-9-21-3-2-18-15(21)7-19-14/h2-3,7,9,11,13H,4-6,8,10H2,1H3/t13-/m0/s1. The molecule has 3 aromatic heterocycles. The molecule has 8 heteroatoms. The Kier molecular flexibility index (Phi) is 4.19. The molecule has 0 radical (unpaired) electrons. The first-order valence-electron chi connectivity index (χ1n) is 8.25. The van der Waals surface area contributed by atoms with E-state index >= 15 is 0 Å². The Morgan fingerprint density at radius 3 is 3.12 bits per heavy atom. The van der Waals surface area contributed by atoms with E-state index in [-0.39, 0.29) is 11.8 Å². The van der Waals surface area contributed by atoms with Crippen molar-refractivity contribution in [1.29, 1.82) is 0 Å². The Labute approximate surface area is 144 Å². The minimum absolute atomic E-state index is 0.136. The van der Waals surface area contributed by atoms with E-state index in [9.17, 15) is 4.79 Å². The van der Waals surface area contributed by atoms with E-state index in [0.717, 1.165) is 17.8 Å². The Morgan fingerprint density at radius 1 is 1.36 bits per heavy atom. The fourth-order valence-electron chi connectivity index (χ4n) is 3.11. The van der Waals surface area contributed by atoms with E-state index in [1.54, 1.807) is 24.2 Å². The number of aromatic nitrogens is 4. The second kappa shape index (κ2) is 6.64. The van der Waals surface area contributed by atoms with Crippen molar-refractivity contribution < 1.29 is 13.9 Å². The molecule has 0 unspecified atom stereocenters. The average molecular weight is 341 g/mol. The number of hydrogen-bond donors (Lipinski definition) is 0. The number of ether oxygens (including phenoxy) is 1. The van der Waals surface area contributed by atoms with Crippen LogP contribution in [0.15, 0.2) is 35.6 Å². The van der Waals surface area contributed by atoms with Gasteiger partial charge in [0.2, 0.25) is 5.76 Å². The third-order valence-electron chi connectivity index (χ3n) is 4.40. The fraction of sp³-hybridized carbons (Fsp3) is 0.412.